The third kappa shape index (κ3) is 4.81. The summed E-state index contributed by atoms with van der Waals surface area (Å²) in [6.45, 7) is 2.12. The van der Waals surface area contributed by atoms with E-state index in [0.29, 0.717) is 18.4 Å². The second kappa shape index (κ2) is 7.37. The average molecular weight is 245 g/mol. The Balaban J connectivity index is 2.31. The first-order valence-corrected chi connectivity index (χ1v) is 6.18. The van der Waals surface area contributed by atoms with E-state index in [9.17, 15) is 8.78 Å². The Bertz CT molecular complexity index is 312. The number of halogens is 2. The zero-order chi connectivity index (χ0) is 12.7. The smallest absolute Gasteiger partial charge is 0.307 e. The van der Waals surface area contributed by atoms with E-state index in [1.807, 2.05) is 0 Å². The van der Waals surface area contributed by atoms with Gasteiger partial charge in [0.15, 0.2) is 0 Å². The summed E-state index contributed by atoms with van der Waals surface area (Å²) >= 11 is 0. The third-order valence-corrected chi connectivity index (χ3v) is 2.81. The molecule has 0 saturated carbocycles. The quantitative estimate of drug-likeness (QED) is 0.712. The summed E-state index contributed by atoms with van der Waals surface area (Å²) in [6.07, 6.45) is 7.38. The van der Waals surface area contributed by atoms with Gasteiger partial charge in [0.25, 0.3) is 0 Å². The van der Waals surface area contributed by atoms with Gasteiger partial charge in [-0.25, -0.2) is 4.98 Å². The van der Waals surface area contributed by atoms with E-state index < -0.39 is 6.55 Å². The number of imidazole rings is 1. The normalized spacial score (nSPS) is 13.2. The lowest BCUT2D eigenvalue weighted by atomic mass is 10.1. The molecule has 0 fully saturated rings. The lowest BCUT2D eigenvalue weighted by Crippen LogP contribution is -2.27. The topological polar surface area (TPSA) is 29.9 Å². The number of nitrogens with one attached hydrogen (secondary N) is 1. The van der Waals surface area contributed by atoms with Crippen molar-refractivity contribution in [3.8, 4) is 0 Å². The molecule has 0 bridgehead atoms. The Morgan fingerprint density at radius 2 is 2.18 bits per heavy atom. The number of rotatable bonds is 8. The summed E-state index contributed by atoms with van der Waals surface area (Å²) < 4.78 is 26.0. The maximum absolute atomic E-state index is 12.5. The van der Waals surface area contributed by atoms with Crippen LogP contribution in [0.15, 0.2) is 12.4 Å². The van der Waals surface area contributed by atoms with Crippen LogP contribution in [-0.2, 0) is 6.54 Å². The van der Waals surface area contributed by atoms with Crippen LogP contribution in [0.2, 0.25) is 0 Å². The zero-order valence-corrected chi connectivity index (χ0v) is 10.5. The van der Waals surface area contributed by atoms with Crippen LogP contribution < -0.4 is 5.32 Å². The number of nitrogens with zero attached hydrogens (tertiary/aromatic N) is 2. The van der Waals surface area contributed by atoms with Crippen LogP contribution in [0.3, 0.4) is 0 Å². The summed E-state index contributed by atoms with van der Waals surface area (Å²) in [5.74, 6) is 0.391. The van der Waals surface area contributed by atoms with Gasteiger partial charge < -0.3 is 5.32 Å². The highest BCUT2D eigenvalue weighted by molar-refractivity contribution is 4.92. The fourth-order valence-corrected chi connectivity index (χ4v) is 1.73. The molecule has 98 valence electrons. The van der Waals surface area contributed by atoms with Crippen LogP contribution >= 0.6 is 0 Å². The van der Waals surface area contributed by atoms with Crippen LogP contribution in [0, 0.1) is 0 Å². The van der Waals surface area contributed by atoms with Crippen molar-refractivity contribution in [1.29, 1.82) is 0 Å². The molecular weight excluding hydrogens is 224 g/mol. The van der Waals surface area contributed by atoms with Crippen LogP contribution in [-0.4, -0.2) is 15.6 Å². The van der Waals surface area contributed by atoms with E-state index >= 15 is 0 Å². The molecule has 5 heteroatoms. The Kier molecular flexibility index (Phi) is 6.11. The van der Waals surface area contributed by atoms with E-state index in [0.717, 1.165) is 11.0 Å². The van der Waals surface area contributed by atoms with Crippen molar-refractivity contribution in [3.05, 3.63) is 18.2 Å². The predicted molar refractivity (Wildman–Crippen MR) is 63.9 cm³/mol. The Labute approximate surface area is 101 Å². The molecule has 17 heavy (non-hydrogen) atoms. The van der Waals surface area contributed by atoms with Crippen molar-refractivity contribution in [2.75, 3.05) is 0 Å². The van der Waals surface area contributed by atoms with Gasteiger partial charge in [-0.15, -0.1) is 0 Å². The zero-order valence-electron chi connectivity index (χ0n) is 10.5. The molecule has 0 amide bonds. The van der Waals surface area contributed by atoms with Crippen molar-refractivity contribution in [1.82, 2.24) is 14.9 Å². The number of hydrogen-bond donors (Lipinski definition) is 1. The molecule has 0 aromatic carbocycles. The first-order valence-electron chi connectivity index (χ1n) is 6.18. The fraction of sp³-hybridized carbons (Fsp3) is 0.750. The Morgan fingerprint density at radius 3 is 2.82 bits per heavy atom. The summed E-state index contributed by atoms with van der Waals surface area (Å²) in [5.41, 5.74) is 0. The SMILES string of the molecule is CCCCCC(C)NCc1nccn1C(F)F. The molecule has 1 aromatic heterocycles. The molecule has 1 N–H and O–H groups in total. The molecule has 3 nitrogen and oxygen atoms in total. The van der Waals surface area contributed by atoms with Crippen LogP contribution in [0.25, 0.3) is 0 Å². The standard InChI is InChI=1S/C12H21F2N3/c1-3-4-5-6-10(2)16-9-11-15-7-8-17(11)12(13)14/h7-8,10,12,16H,3-6,9H2,1-2H3. The molecule has 0 aliphatic rings. The van der Waals surface area contributed by atoms with Crippen molar-refractivity contribution in [2.24, 2.45) is 0 Å². The van der Waals surface area contributed by atoms with Gasteiger partial charge >= 0.3 is 6.55 Å². The van der Waals surface area contributed by atoms with Gasteiger partial charge in [0.2, 0.25) is 0 Å². The van der Waals surface area contributed by atoms with Gasteiger partial charge in [-0.05, 0) is 13.3 Å². The minimum atomic E-state index is -2.51. The second-order valence-corrected chi connectivity index (χ2v) is 4.31. The monoisotopic (exact) mass is 245 g/mol. The van der Waals surface area contributed by atoms with Crippen molar-refractivity contribution < 1.29 is 8.78 Å². The minimum absolute atomic E-state index is 0.337. The highest BCUT2D eigenvalue weighted by atomic mass is 19.3. The maximum Gasteiger partial charge on any atom is 0.319 e. The van der Waals surface area contributed by atoms with Crippen molar-refractivity contribution in [3.63, 3.8) is 0 Å². The average Bonchev–Trinajstić information content (AvgIpc) is 2.75. The molecule has 1 aromatic rings. The number of unbranched alkanes of at least 4 members (excludes halogenated alkanes) is 2. The van der Waals surface area contributed by atoms with Crippen LogP contribution in [0.4, 0.5) is 8.78 Å². The molecule has 0 aliphatic heterocycles. The van der Waals surface area contributed by atoms with Crippen molar-refractivity contribution >= 4 is 0 Å². The first-order chi connectivity index (χ1) is 8.15. The van der Waals surface area contributed by atoms with E-state index in [-0.39, 0.29) is 0 Å². The predicted octanol–water partition coefficient (Wildman–Crippen LogP) is 3.34. The highest BCUT2D eigenvalue weighted by Crippen LogP contribution is 2.12. The molecular formula is C12H21F2N3. The summed E-state index contributed by atoms with van der Waals surface area (Å²) in [7, 11) is 0. The number of alkyl halides is 2. The van der Waals surface area contributed by atoms with Gasteiger partial charge in [0, 0.05) is 18.4 Å². The lowest BCUT2D eigenvalue weighted by molar-refractivity contribution is 0.0665. The summed E-state index contributed by atoms with van der Waals surface area (Å²) in [5, 5.41) is 3.22. The highest BCUT2D eigenvalue weighted by Gasteiger charge is 2.11. The fourth-order valence-electron chi connectivity index (χ4n) is 1.73. The molecule has 1 rings (SSSR count). The van der Waals surface area contributed by atoms with E-state index in [2.05, 4.69) is 24.1 Å². The van der Waals surface area contributed by atoms with Crippen molar-refractivity contribution in [2.45, 2.75) is 58.7 Å². The van der Waals surface area contributed by atoms with Crippen LogP contribution in [0.1, 0.15) is 51.9 Å². The largest absolute Gasteiger partial charge is 0.319 e. The van der Waals surface area contributed by atoms with Gasteiger partial charge in [0.1, 0.15) is 5.82 Å². The van der Waals surface area contributed by atoms with Gasteiger partial charge in [-0.2, -0.15) is 8.78 Å². The molecule has 0 radical (unpaired) electrons. The van der Waals surface area contributed by atoms with Gasteiger partial charge in [-0.3, -0.25) is 4.57 Å². The van der Waals surface area contributed by atoms with E-state index in [4.69, 9.17) is 0 Å². The summed E-state index contributed by atoms with van der Waals surface area (Å²) in [6, 6.07) is 0.337. The molecule has 1 heterocycles. The third-order valence-electron chi connectivity index (χ3n) is 2.81. The lowest BCUT2D eigenvalue weighted by Gasteiger charge is -2.14. The number of aromatic nitrogens is 2. The maximum atomic E-state index is 12.5. The van der Waals surface area contributed by atoms with E-state index in [1.54, 1.807) is 0 Å². The second-order valence-electron chi connectivity index (χ2n) is 4.31. The summed E-state index contributed by atoms with van der Waals surface area (Å²) in [4.78, 5) is 3.93. The first kappa shape index (κ1) is 14.1. The molecule has 0 aliphatic carbocycles. The van der Waals surface area contributed by atoms with Crippen LogP contribution in [0.5, 0.6) is 0 Å². The van der Waals surface area contributed by atoms with E-state index in [1.165, 1.54) is 31.7 Å². The Hall–Kier alpha value is -0.970. The molecule has 0 saturated heterocycles. The molecule has 1 unspecified atom stereocenters. The van der Waals surface area contributed by atoms with Gasteiger partial charge in [0.05, 0.1) is 6.54 Å². The molecule has 1 atom stereocenters. The Morgan fingerprint density at radius 1 is 1.41 bits per heavy atom. The minimum Gasteiger partial charge on any atom is -0.307 e. The van der Waals surface area contributed by atoms with Gasteiger partial charge in [-0.1, -0.05) is 26.2 Å². The number of hydrogen-bond acceptors (Lipinski definition) is 2. The molecule has 0 spiro atoms.